The highest BCUT2D eigenvalue weighted by molar-refractivity contribution is 9.10. The van der Waals surface area contributed by atoms with E-state index < -0.39 is 0 Å². The normalized spacial score (nSPS) is 12.4. The van der Waals surface area contributed by atoms with Crippen LogP contribution in [0.3, 0.4) is 0 Å². The van der Waals surface area contributed by atoms with Crippen LogP contribution in [0.2, 0.25) is 0 Å². The Morgan fingerprint density at radius 2 is 1.88 bits per heavy atom. The van der Waals surface area contributed by atoms with Gasteiger partial charge in [0.05, 0.1) is 19.3 Å². The highest BCUT2D eigenvalue weighted by Gasteiger charge is 2.01. The Kier molecular flexibility index (Phi) is 7.24. The van der Waals surface area contributed by atoms with E-state index in [4.69, 9.17) is 14.2 Å². The van der Waals surface area contributed by atoms with Crippen molar-refractivity contribution in [2.24, 2.45) is 0 Å². The Morgan fingerprint density at radius 3 is 2.53 bits per heavy atom. The van der Waals surface area contributed by atoms with Gasteiger partial charge in [-0.15, -0.1) is 0 Å². The fourth-order valence-electron chi connectivity index (χ4n) is 1.27. The predicted octanol–water partition coefficient (Wildman–Crippen LogP) is 3.27. The highest BCUT2D eigenvalue weighted by Crippen LogP contribution is 2.15. The molecule has 0 amide bonds. The first-order valence-corrected chi connectivity index (χ1v) is 6.59. The largest absolute Gasteiger partial charge is 0.491 e. The monoisotopic (exact) mass is 302 g/mol. The Labute approximate surface area is 111 Å². The van der Waals surface area contributed by atoms with Gasteiger partial charge in [-0.05, 0) is 38.1 Å². The van der Waals surface area contributed by atoms with E-state index in [2.05, 4.69) is 15.9 Å². The second-order valence-electron chi connectivity index (χ2n) is 3.64. The van der Waals surface area contributed by atoms with Crippen molar-refractivity contribution in [2.75, 3.05) is 26.4 Å². The molecule has 1 unspecified atom stereocenters. The van der Waals surface area contributed by atoms with E-state index in [0.717, 1.165) is 16.8 Å². The van der Waals surface area contributed by atoms with Crippen LogP contribution in [0.5, 0.6) is 5.75 Å². The summed E-state index contributed by atoms with van der Waals surface area (Å²) >= 11 is 3.38. The summed E-state index contributed by atoms with van der Waals surface area (Å²) in [4.78, 5) is 0. The van der Waals surface area contributed by atoms with Crippen LogP contribution in [0.15, 0.2) is 28.7 Å². The Balaban J connectivity index is 2.09. The van der Waals surface area contributed by atoms with Crippen molar-refractivity contribution >= 4 is 15.9 Å². The van der Waals surface area contributed by atoms with Crippen molar-refractivity contribution in [1.29, 1.82) is 0 Å². The molecule has 0 N–H and O–H groups in total. The van der Waals surface area contributed by atoms with Gasteiger partial charge in [0.15, 0.2) is 0 Å². The lowest BCUT2D eigenvalue weighted by Crippen LogP contribution is -2.19. The maximum Gasteiger partial charge on any atom is 0.119 e. The second kappa shape index (κ2) is 8.50. The number of halogens is 1. The maximum absolute atomic E-state index is 5.53. The number of ether oxygens (including phenoxy) is 3. The minimum atomic E-state index is 0.114. The van der Waals surface area contributed by atoms with Gasteiger partial charge in [0.1, 0.15) is 12.4 Å². The van der Waals surface area contributed by atoms with Crippen LogP contribution in [0.25, 0.3) is 0 Å². The predicted molar refractivity (Wildman–Crippen MR) is 71.5 cm³/mol. The average Bonchev–Trinajstić information content (AvgIpc) is 2.34. The smallest absolute Gasteiger partial charge is 0.119 e. The average molecular weight is 303 g/mol. The molecule has 0 aliphatic rings. The maximum atomic E-state index is 5.53. The molecule has 1 rings (SSSR count). The fraction of sp³-hybridized carbons (Fsp3) is 0.538. The molecule has 0 fully saturated rings. The van der Waals surface area contributed by atoms with Gasteiger partial charge in [-0.3, -0.25) is 0 Å². The minimum Gasteiger partial charge on any atom is -0.491 e. The van der Waals surface area contributed by atoms with E-state index in [1.165, 1.54) is 0 Å². The van der Waals surface area contributed by atoms with Crippen molar-refractivity contribution in [1.82, 2.24) is 0 Å². The molecule has 1 aromatic carbocycles. The quantitative estimate of drug-likeness (QED) is 0.690. The lowest BCUT2D eigenvalue weighted by molar-refractivity contribution is -0.0128. The van der Waals surface area contributed by atoms with Crippen molar-refractivity contribution in [3.63, 3.8) is 0 Å². The van der Waals surface area contributed by atoms with Gasteiger partial charge in [-0.2, -0.15) is 0 Å². The standard InChI is InChI=1S/C13H19BrO3/c1-3-15-10-11(2)16-8-9-17-13-6-4-12(14)5-7-13/h4-7,11H,3,8-10H2,1-2H3. The molecule has 1 atom stereocenters. The van der Waals surface area contributed by atoms with Gasteiger partial charge in [-0.1, -0.05) is 15.9 Å². The molecule has 0 saturated heterocycles. The topological polar surface area (TPSA) is 27.7 Å². The molecule has 0 heterocycles. The molecule has 96 valence electrons. The first-order chi connectivity index (χ1) is 8.22. The van der Waals surface area contributed by atoms with Crippen LogP contribution >= 0.6 is 15.9 Å². The van der Waals surface area contributed by atoms with Crippen LogP contribution in [-0.2, 0) is 9.47 Å². The summed E-state index contributed by atoms with van der Waals surface area (Å²) in [7, 11) is 0. The van der Waals surface area contributed by atoms with E-state index in [9.17, 15) is 0 Å². The number of benzene rings is 1. The summed E-state index contributed by atoms with van der Waals surface area (Å²) in [6, 6.07) is 7.75. The van der Waals surface area contributed by atoms with Crippen molar-refractivity contribution in [3.8, 4) is 5.75 Å². The molecule has 0 aliphatic carbocycles. The molecule has 0 bridgehead atoms. The van der Waals surface area contributed by atoms with Gasteiger partial charge >= 0.3 is 0 Å². The summed E-state index contributed by atoms with van der Waals surface area (Å²) in [6.07, 6.45) is 0.114. The number of rotatable bonds is 8. The van der Waals surface area contributed by atoms with E-state index in [-0.39, 0.29) is 6.10 Å². The summed E-state index contributed by atoms with van der Waals surface area (Å²) in [5.74, 6) is 0.856. The fourth-order valence-corrected chi connectivity index (χ4v) is 1.54. The second-order valence-corrected chi connectivity index (χ2v) is 4.56. The molecular weight excluding hydrogens is 284 g/mol. The molecule has 4 heteroatoms. The van der Waals surface area contributed by atoms with Crippen molar-refractivity contribution < 1.29 is 14.2 Å². The Hall–Kier alpha value is -0.580. The van der Waals surface area contributed by atoms with Crippen LogP contribution in [0.4, 0.5) is 0 Å². The van der Waals surface area contributed by atoms with E-state index >= 15 is 0 Å². The van der Waals surface area contributed by atoms with Crippen LogP contribution < -0.4 is 4.74 Å². The van der Waals surface area contributed by atoms with Crippen molar-refractivity contribution in [3.05, 3.63) is 28.7 Å². The molecule has 0 saturated carbocycles. The minimum absolute atomic E-state index is 0.114. The third-order valence-electron chi connectivity index (χ3n) is 2.12. The van der Waals surface area contributed by atoms with Gasteiger partial charge < -0.3 is 14.2 Å². The first-order valence-electron chi connectivity index (χ1n) is 5.80. The Bertz CT molecular complexity index is 300. The lowest BCUT2D eigenvalue weighted by Gasteiger charge is -2.13. The SMILES string of the molecule is CCOCC(C)OCCOc1ccc(Br)cc1. The third-order valence-corrected chi connectivity index (χ3v) is 2.65. The van der Waals surface area contributed by atoms with Crippen LogP contribution in [0.1, 0.15) is 13.8 Å². The molecular formula is C13H19BrO3. The molecule has 0 aliphatic heterocycles. The molecule has 0 spiro atoms. The number of hydrogen-bond acceptors (Lipinski definition) is 3. The molecule has 3 nitrogen and oxygen atoms in total. The summed E-state index contributed by atoms with van der Waals surface area (Å²) in [5.41, 5.74) is 0. The summed E-state index contributed by atoms with van der Waals surface area (Å²) in [6.45, 7) is 6.46. The summed E-state index contributed by atoms with van der Waals surface area (Å²) < 4.78 is 17.4. The van der Waals surface area contributed by atoms with Gasteiger partial charge in [-0.25, -0.2) is 0 Å². The van der Waals surface area contributed by atoms with Gasteiger partial charge in [0, 0.05) is 11.1 Å². The highest BCUT2D eigenvalue weighted by atomic mass is 79.9. The van der Waals surface area contributed by atoms with Gasteiger partial charge in [0.2, 0.25) is 0 Å². The molecule has 17 heavy (non-hydrogen) atoms. The molecule has 1 aromatic rings. The molecule has 0 aromatic heterocycles. The zero-order valence-electron chi connectivity index (χ0n) is 10.3. The van der Waals surface area contributed by atoms with E-state index in [1.54, 1.807) is 0 Å². The number of hydrogen-bond donors (Lipinski definition) is 0. The lowest BCUT2D eigenvalue weighted by atomic mass is 10.3. The third kappa shape index (κ3) is 6.66. The molecule has 0 radical (unpaired) electrons. The van der Waals surface area contributed by atoms with E-state index in [1.807, 2.05) is 38.1 Å². The van der Waals surface area contributed by atoms with Crippen LogP contribution in [0, 0.1) is 0 Å². The van der Waals surface area contributed by atoms with E-state index in [0.29, 0.717) is 19.8 Å². The Morgan fingerprint density at radius 1 is 1.18 bits per heavy atom. The van der Waals surface area contributed by atoms with Crippen molar-refractivity contribution in [2.45, 2.75) is 20.0 Å². The van der Waals surface area contributed by atoms with Crippen LogP contribution in [-0.4, -0.2) is 32.5 Å². The van der Waals surface area contributed by atoms with Gasteiger partial charge in [0.25, 0.3) is 0 Å². The summed E-state index contributed by atoms with van der Waals surface area (Å²) in [5, 5.41) is 0. The zero-order chi connectivity index (χ0) is 12.5. The zero-order valence-corrected chi connectivity index (χ0v) is 11.9. The first kappa shape index (κ1) is 14.5.